The van der Waals surface area contributed by atoms with Crippen molar-refractivity contribution < 1.29 is 4.79 Å². The van der Waals surface area contributed by atoms with Gasteiger partial charge in [0.1, 0.15) is 0 Å². The maximum Gasteiger partial charge on any atom is 0.241 e. The molecule has 4 nitrogen and oxygen atoms in total. The van der Waals surface area contributed by atoms with Gasteiger partial charge in [0, 0.05) is 24.8 Å². The van der Waals surface area contributed by atoms with Gasteiger partial charge >= 0.3 is 0 Å². The van der Waals surface area contributed by atoms with Crippen molar-refractivity contribution in [2.24, 2.45) is 5.73 Å². The molecule has 3 N–H and O–H groups in total. The number of anilines is 1. The highest BCUT2D eigenvalue weighted by Gasteiger charge is 2.34. The molecule has 1 saturated carbocycles. The zero-order valence-corrected chi connectivity index (χ0v) is 14.1. The highest BCUT2D eigenvalue weighted by molar-refractivity contribution is 5.94. The highest BCUT2D eigenvalue weighted by Crippen LogP contribution is 2.30. The monoisotopic (exact) mass is 323 g/mol. The number of carbonyl (C=O) groups excluding carboxylic acids is 1. The zero-order valence-electron chi connectivity index (χ0n) is 14.1. The Bertz CT molecular complexity index is 665. The number of nitrogens with zero attached hydrogens (tertiary/aromatic N) is 1. The lowest BCUT2D eigenvalue weighted by Gasteiger charge is -2.28. The van der Waals surface area contributed by atoms with Crippen LogP contribution in [-0.4, -0.2) is 22.9 Å². The van der Waals surface area contributed by atoms with Crippen LogP contribution in [0.1, 0.15) is 30.9 Å². The van der Waals surface area contributed by atoms with E-state index in [0.717, 1.165) is 17.8 Å². The average molecular weight is 323 g/mol. The van der Waals surface area contributed by atoms with Crippen molar-refractivity contribution in [1.82, 2.24) is 4.90 Å². The van der Waals surface area contributed by atoms with Gasteiger partial charge in [-0.15, -0.1) is 0 Å². The molecule has 2 aromatic carbocycles. The van der Waals surface area contributed by atoms with Gasteiger partial charge in [0.2, 0.25) is 5.91 Å². The van der Waals surface area contributed by atoms with E-state index in [2.05, 4.69) is 22.3 Å². The minimum absolute atomic E-state index is 0.0401. The molecule has 1 fully saturated rings. The van der Waals surface area contributed by atoms with E-state index >= 15 is 0 Å². The number of hydrogen-bond acceptors (Lipinski definition) is 3. The third-order valence-corrected chi connectivity index (χ3v) is 4.56. The van der Waals surface area contributed by atoms with Gasteiger partial charge in [0.05, 0.1) is 6.04 Å². The van der Waals surface area contributed by atoms with Crippen LogP contribution in [0.4, 0.5) is 5.69 Å². The summed E-state index contributed by atoms with van der Waals surface area (Å²) in [5, 5.41) is 3.02. The Kier molecular flexibility index (Phi) is 5.28. The van der Waals surface area contributed by atoms with Crippen LogP contribution in [0.15, 0.2) is 54.6 Å². The van der Waals surface area contributed by atoms with Gasteiger partial charge in [0.15, 0.2) is 0 Å². The molecule has 0 saturated heterocycles. The molecule has 0 bridgehead atoms. The predicted molar refractivity (Wildman–Crippen MR) is 97.4 cm³/mol. The first-order valence-corrected chi connectivity index (χ1v) is 8.57. The Labute approximate surface area is 143 Å². The summed E-state index contributed by atoms with van der Waals surface area (Å²) < 4.78 is 0. The average Bonchev–Trinajstić information content (AvgIpc) is 3.45. The molecule has 24 heavy (non-hydrogen) atoms. The molecule has 0 heterocycles. The fourth-order valence-electron chi connectivity index (χ4n) is 2.90. The largest absolute Gasteiger partial charge is 0.326 e. The van der Waals surface area contributed by atoms with E-state index in [9.17, 15) is 4.79 Å². The maximum atomic E-state index is 12.7. The SMILES string of the molecule is CC(C(=O)Nc1ccc(CN)cc1)N(Cc1ccccc1)C1CC1. The van der Waals surface area contributed by atoms with Crippen LogP contribution in [0.5, 0.6) is 0 Å². The Hall–Kier alpha value is -2.17. The summed E-state index contributed by atoms with van der Waals surface area (Å²) in [6, 6.07) is 18.4. The molecule has 1 aliphatic carbocycles. The lowest BCUT2D eigenvalue weighted by Crippen LogP contribution is -2.42. The van der Waals surface area contributed by atoms with Crippen LogP contribution < -0.4 is 11.1 Å². The van der Waals surface area contributed by atoms with Crippen molar-refractivity contribution in [3.05, 3.63) is 65.7 Å². The van der Waals surface area contributed by atoms with Gasteiger partial charge in [-0.1, -0.05) is 42.5 Å². The van der Waals surface area contributed by atoms with Crippen molar-refractivity contribution in [3.63, 3.8) is 0 Å². The van der Waals surface area contributed by atoms with E-state index in [1.807, 2.05) is 49.4 Å². The summed E-state index contributed by atoms with van der Waals surface area (Å²) in [4.78, 5) is 15.0. The molecule has 126 valence electrons. The number of nitrogens with one attached hydrogen (secondary N) is 1. The normalized spacial score (nSPS) is 15.3. The number of benzene rings is 2. The molecule has 4 heteroatoms. The molecule has 1 aliphatic rings. The summed E-state index contributed by atoms with van der Waals surface area (Å²) in [6.45, 7) is 3.31. The quantitative estimate of drug-likeness (QED) is 0.823. The molecule has 3 rings (SSSR count). The molecular formula is C20H25N3O. The van der Waals surface area contributed by atoms with E-state index < -0.39 is 0 Å². The molecule has 0 spiro atoms. The summed E-state index contributed by atoms with van der Waals surface area (Å²) in [5.41, 5.74) is 8.73. The summed E-state index contributed by atoms with van der Waals surface area (Å²) in [5.74, 6) is 0.0401. The molecule has 1 amide bonds. The Morgan fingerprint density at radius 2 is 1.79 bits per heavy atom. The number of rotatable bonds is 7. The van der Waals surface area contributed by atoms with Gasteiger partial charge in [-0.05, 0) is 43.0 Å². The van der Waals surface area contributed by atoms with Crippen molar-refractivity contribution in [2.75, 3.05) is 5.32 Å². The second-order valence-corrected chi connectivity index (χ2v) is 6.46. The number of nitrogens with two attached hydrogens (primary N) is 1. The second-order valence-electron chi connectivity index (χ2n) is 6.46. The number of hydrogen-bond donors (Lipinski definition) is 2. The van der Waals surface area contributed by atoms with E-state index in [-0.39, 0.29) is 11.9 Å². The Balaban J connectivity index is 1.65. The Morgan fingerprint density at radius 3 is 2.38 bits per heavy atom. The molecule has 1 unspecified atom stereocenters. The van der Waals surface area contributed by atoms with Crippen LogP contribution in [0.3, 0.4) is 0 Å². The Morgan fingerprint density at radius 1 is 1.12 bits per heavy atom. The minimum Gasteiger partial charge on any atom is -0.326 e. The van der Waals surface area contributed by atoms with Crippen LogP contribution >= 0.6 is 0 Å². The smallest absolute Gasteiger partial charge is 0.241 e. The van der Waals surface area contributed by atoms with Gasteiger partial charge in [-0.25, -0.2) is 0 Å². The van der Waals surface area contributed by atoms with Crippen molar-refractivity contribution >= 4 is 11.6 Å². The van der Waals surface area contributed by atoms with E-state index in [0.29, 0.717) is 12.6 Å². The highest BCUT2D eigenvalue weighted by atomic mass is 16.2. The molecule has 0 aliphatic heterocycles. The van der Waals surface area contributed by atoms with Gasteiger partial charge in [-0.2, -0.15) is 0 Å². The second kappa shape index (κ2) is 7.60. The molecule has 0 aromatic heterocycles. The maximum absolute atomic E-state index is 12.7. The summed E-state index contributed by atoms with van der Waals surface area (Å²) >= 11 is 0. The third-order valence-electron chi connectivity index (χ3n) is 4.56. The first-order chi connectivity index (χ1) is 11.7. The van der Waals surface area contributed by atoms with Crippen molar-refractivity contribution in [1.29, 1.82) is 0 Å². The number of carbonyl (C=O) groups is 1. The first-order valence-electron chi connectivity index (χ1n) is 8.57. The van der Waals surface area contributed by atoms with Crippen molar-refractivity contribution in [3.8, 4) is 0 Å². The van der Waals surface area contributed by atoms with Crippen LogP contribution in [0.2, 0.25) is 0 Å². The van der Waals surface area contributed by atoms with Crippen LogP contribution in [0.25, 0.3) is 0 Å². The molecule has 2 aromatic rings. The minimum atomic E-state index is -0.160. The van der Waals surface area contributed by atoms with E-state index in [4.69, 9.17) is 5.73 Å². The van der Waals surface area contributed by atoms with Gasteiger partial charge < -0.3 is 11.1 Å². The lowest BCUT2D eigenvalue weighted by molar-refractivity contribution is -0.121. The predicted octanol–water partition coefficient (Wildman–Crippen LogP) is 3.14. The van der Waals surface area contributed by atoms with Gasteiger partial charge in [-0.3, -0.25) is 9.69 Å². The number of amides is 1. The molecular weight excluding hydrogens is 298 g/mol. The lowest BCUT2D eigenvalue weighted by atomic mass is 10.1. The summed E-state index contributed by atoms with van der Waals surface area (Å²) in [6.07, 6.45) is 2.35. The fourth-order valence-corrected chi connectivity index (χ4v) is 2.90. The topological polar surface area (TPSA) is 58.4 Å². The van der Waals surface area contributed by atoms with Crippen LogP contribution in [0, 0.1) is 0 Å². The first kappa shape index (κ1) is 16.7. The summed E-state index contributed by atoms with van der Waals surface area (Å²) in [7, 11) is 0. The molecule has 1 atom stereocenters. The fraction of sp³-hybridized carbons (Fsp3) is 0.350. The van der Waals surface area contributed by atoms with E-state index in [1.54, 1.807) is 0 Å². The third kappa shape index (κ3) is 4.22. The van der Waals surface area contributed by atoms with Gasteiger partial charge in [0.25, 0.3) is 0 Å². The molecule has 0 radical (unpaired) electrons. The van der Waals surface area contributed by atoms with Crippen LogP contribution in [-0.2, 0) is 17.9 Å². The van der Waals surface area contributed by atoms with E-state index in [1.165, 1.54) is 18.4 Å². The zero-order chi connectivity index (χ0) is 16.9. The van der Waals surface area contributed by atoms with Crippen molar-refractivity contribution in [2.45, 2.75) is 44.9 Å². The standard InChI is InChI=1S/C20H25N3O/c1-15(20(24)22-18-9-7-16(13-21)8-10-18)23(19-11-12-19)14-17-5-3-2-4-6-17/h2-10,15,19H,11-14,21H2,1H3,(H,22,24).